The number of nitrogens with zero attached hydrogens (tertiary/aromatic N) is 1. The quantitative estimate of drug-likeness (QED) is 0.776. The second-order valence-corrected chi connectivity index (χ2v) is 7.32. The van der Waals surface area contributed by atoms with Gasteiger partial charge < -0.3 is 16.0 Å². The third kappa shape index (κ3) is 4.11. The van der Waals surface area contributed by atoms with Crippen LogP contribution in [-0.2, 0) is 16.1 Å². The standard InChI is InChI=1S/C19H19Cl2N3O2/c1-11-2-4-12(5-3-11)9-24-10-13(6-17(24)25)19(26)23-14-7-15(20)18(22)16(21)8-14/h2-5,7-8,13H,6,9-10,22H2,1H3,(H,23,26). The van der Waals surface area contributed by atoms with Crippen molar-refractivity contribution >= 4 is 46.4 Å². The average Bonchev–Trinajstić information content (AvgIpc) is 2.95. The van der Waals surface area contributed by atoms with E-state index in [1.807, 2.05) is 31.2 Å². The first-order valence-electron chi connectivity index (χ1n) is 8.22. The normalized spacial score (nSPS) is 16.8. The first-order valence-corrected chi connectivity index (χ1v) is 8.98. The number of amides is 2. The fourth-order valence-electron chi connectivity index (χ4n) is 2.92. The van der Waals surface area contributed by atoms with Gasteiger partial charge in [-0.05, 0) is 24.6 Å². The van der Waals surface area contributed by atoms with E-state index in [0.717, 1.165) is 5.56 Å². The Hall–Kier alpha value is -2.24. The lowest BCUT2D eigenvalue weighted by Gasteiger charge is -2.17. The van der Waals surface area contributed by atoms with Crippen molar-refractivity contribution in [3.8, 4) is 0 Å². The highest BCUT2D eigenvalue weighted by atomic mass is 35.5. The van der Waals surface area contributed by atoms with Crippen molar-refractivity contribution in [1.82, 2.24) is 4.90 Å². The highest BCUT2D eigenvalue weighted by Gasteiger charge is 2.34. The van der Waals surface area contributed by atoms with Crippen LogP contribution in [0.3, 0.4) is 0 Å². The maximum atomic E-state index is 12.5. The molecule has 1 fully saturated rings. The zero-order valence-electron chi connectivity index (χ0n) is 14.3. The van der Waals surface area contributed by atoms with Gasteiger partial charge in [-0.2, -0.15) is 0 Å². The van der Waals surface area contributed by atoms with Gasteiger partial charge in [0.05, 0.1) is 21.7 Å². The van der Waals surface area contributed by atoms with Gasteiger partial charge in [-0.15, -0.1) is 0 Å². The fraction of sp³-hybridized carbons (Fsp3) is 0.263. The van der Waals surface area contributed by atoms with Crippen LogP contribution < -0.4 is 11.1 Å². The lowest BCUT2D eigenvalue weighted by atomic mass is 10.1. The second-order valence-electron chi connectivity index (χ2n) is 6.50. The van der Waals surface area contributed by atoms with Crippen LogP contribution in [0.2, 0.25) is 10.0 Å². The third-order valence-corrected chi connectivity index (χ3v) is 5.05. The summed E-state index contributed by atoms with van der Waals surface area (Å²) >= 11 is 12.0. The van der Waals surface area contributed by atoms with E-state index in [-0.39, 0.29) is 34.0 Å². The molecule has 0 saturated carbocycles. The summed E-state index contributed by atoms with van der Waals surface area (Å²) in [5.74, 6) is -0.677. The Balaban J connectivity index is 1.64. The Morgan fingerprint density at radius 3 is 2.46 bits per heavy atom. The number of likely N-dealkylation sites (tertiary alicyclic amines) is 1. The molecule has 1 aliphatic rings. The number of carbonyl (C=O) groups is 2. The lowest BCUT2D eigenvalue weighted by Crippen LogP contribution is -2.28. The molecule has 3 rings (SSSR count). The van der Waals surface area contributed by atoms with Gasteiger partial charge in [-0.3, -0.25) is 9.59 Å². The topological polar surface area (TPSA) is 75.4 Å². The van der Waals surface area contributed by atoms with Gasteiger partial charge in [0.1, 0.15) is 0 Å². The fourth-order valence-corrected chi connectivity index (χ4v) is 3.40. The summed E-state index contributed by atoms with van der Waals surface area (Å²) in [7, 11) is 0. The summed E-state index contributed by atoms with van der Waals surface area (Å²) in [5.41, 5.74) is 8.64. The minimum absolute atomic E-state index is 0.0286. The Labute approximate surface area is 162 Å². The molecule has 0 aliphatic carbocycles. The molecule has 2 aromatic rings. The van der Waals surface area contributed by atoms with Crippen molar-refractivity contribution in [3.63, 3.8) is 0 Å². The molecule has 2 amide bonds. The Bertz CT molecular complexity index is 829. The van der Waals surface area contributed by atoms with E-state index in [9.17, 15) is 9.59 Å². The number of hydrogen-bond donors (Lipinski definition) is 2. The molecule has 0 bridgehead atoms. The number of rotatable bonds is 4. The molecule has 2 aromatic carbocycles. The number of nitrogens with two attached hydrogens (primary N) is 1. The smallest absolute Gasteiger partial charge is 0.229 e. The van der Waals surface area contributed by atoms with Gasteiger partial charge in [0.15, 0.2) is 0 Å². The molecule has 1 saturated heterocycles. The number of benzene rings is 2. The van der Waals surface area contributed by atoms with Crippen molar-refractivity contribution in [1.29, 1.82) is 0 Å². The van der Waals surface area contributed by atoms with Crippen LogP contribution in [0, 0.1) is 12.8 Å². The molecule has 7 heteroatoms. The molecular weight excluding hydrogens is 373 g/mol. The number of nitrogen functional groups attached to an aromatic ring is 1. The molecule has 1 aliphatic heterocycles. The number of nitrogens with one attached hydrogen (secondary N) is 1. The molecule has 1 heterocycles. The molecule has 1 unspecified atom stereocenters. The molecule has 3 N–H and O–H groups in total. The van der Waals surface area contributed by atoms with E-state index in [0.29, 0.717) is 18.8 Å². The minimum atomic E-state index is -0.414. The molecule has 5 nitrogen and oxygen atoms in total. The molecule has 1 atom stereocenters. The molecular formula is C19H19Cl2N3O2. The van der Waals surface area contributed by atoms with Crippen LogP contribution in [0.5, 0.6) is 0 Å². The number of halogens is 2. The van der Waals surface area contributed by atoms with E-state index >= 15 is 0 Å². The van der Waals surface area contributed by atoms with Crippen molar-refractivity contribution in [2.45, 2.75) is 19.9 Å². The van der Waals surface area contributed by atoms with Gasteiger partial charge in [0, 0.05) is 25.2 Å². The van der Waals surface area contributed by atoms with E-state index in [1.54, 1.807) is 17.0 Å². The molecule has 0 aromatic heterocycles. The van der Waals surface area contributed by atoms with Crippen LogP contribution in [0.25, 0.3) is 0 Å². The lowest BCUT2D eigenvalue weighted by molar-refractivity contribution is -0.128. The van der Waals surface area contributed by atoms with Gasteiger partial charge in [-0.25, -0.2) is 0 Å². The Kier molecular flexibility index (Phi) is 5.39. The van der Waals surface area contributed by atoms with E-state index in [4.69, 9.17) is 28.9 Å². The predicted molar refractivity (Wildman–Crippen MR) is 104 cm³/mol. The van der Waals surface area contributed by atoms with E-state index in [2.05, 4.69) is 5.32 Å². The van der Waals surface area contributed by atoms with Crippen molar-refractivity contribution in [3.05, 3.63) is 57.6 Å². The highest BCUT2D eigenvalue weighted by Crippen LogP contribution is 2.31. The highest BCUT2D eigenvalue weighted by molar-refractivity contribution is 6.39. The zero-order chi connectivity index (χ0) is 18.8. The van der Waals surface area contributed by atoms with Crippen molar-refractivity contribution in [2.75, 3.05) is 17.6 Å². The van der Waals surface area contributed by atoms with Gasteiger partial charge in [0.25, 0.3) is 0 Å². The number of carbonyl (C=O) groups excluding carboxylic acids is 2. The number of hydrogen-bond acceptors (Lipinski definition) is 3. The molecule has 26 heavy (non-hydrogen) atoms. The predicted octanol–water partition coefficient (Wildman–Crippen LogP) is 3.87. The largest absolute Gasteiger partial charge is 0.396 e. The first-order chi connectivity index (χ1) is 12.3. The summed E-state index contributed by atoms with van der Waals surface area (Å²) in [6.07, 6.45) is 0.189. The first kappa shape index (κ1) is 18.5. The number of anilines is 2. The summed E-state index contributed by atoms with van der Waals surface area (Å²) in [4.78, 5) is 26.5. The maximum Gasteiger partial charge on any atom is 0.229 e. The monoisotopic (exact) mass is 391 g/mol. The summed E-state index contributed by atoms with van der Waals surface area (Å²) < 4.78 is 0. The molecule has 136 valence electrons. The second kappa shape index (κ2) is 7.56. The van der Waals surface area contributed by atoms with Gasteiger partial charge in [-0.1, -0.05) is 53.0 Å². The van der Waals surface area contributed by atoms with Gasteiger partial charge in [0.2, 0.25) is 11.8 Å². The SMILES string of the molecule is Cc1ccc(CN2CC(C(=O)Nc3cc(Cl)c(N)c(Cl)c3)CC2=O)cc1. The van der Waals surface area contributed by atoms with Crippen molar-refractivity contribution < 1.29 is 9.59 Å². The molecule has 0 radical (unpaired) electrons. The van der Waals surface area contributed by atoms with Gasteiger partial charge >= 0.3 is 0 Å². The minimum Gasteiger partial charge on any atom is -0.396 e. The van der Waals surface area contributed by atoms with E-state index < -0.39 is 5.92 Å². The Morgan fingerprint density at radius 2 is 1.85 bits per heavy atom. The summed E-state index contributed by atoms with van der Waals surface area (Å²) in [5, 5.41) is 3.31. The van der Waals surface area contributed by atoms with Crippen molar-refractivity contribution in [2.24, 2.45) is 5.92 Å². The van der Waals surface area contributed by atoms with E-state index in [1.165, 1.54) is 5.56 Å². The van der Waals surface area contributed by atoms with Crippen LogP contribution >= 0.6 is 23.2 Å². The zero-order valence-corrected chi connectivity index (χ0v) is 15.8. The maximum absolute atomic E-state index is 12.5. The average molecular weight is 392 g/mol. The summed E-state index contributed by atoms with van der Waals surface area (Å²) in [6.45, 7) is 2.90. The summed E-state index contributed by atoms with van der Waals surface area (Å²) in [6, 6.07) is 11.1. The molecule has 0 spiro atoms. The Morgan fingerprint density at radius 1 is 1.23 bits per heavy atom. The van der Waals surface area contributed by atoms with Crippen LogP contribution in [0.1, 0.15) is 17.5 Å². The third-order valence-electron chi connectivity index (χ3n) is 4.43. The van der Waals surface area contributed by atoms with Crippen LogP contribution in [-0.4, -0.2) is 23.3 Å². The van der Waals surface area contributed by atoms with Crippen LogP contribution in [0.15, 0.2) is 36.4 Å². The van der Waals surface area contributed by atoms with Crippen LogP contribution in [0.4, 0.5) is 11.4 Å². The number of aryl methyl sites for hydroxylation is 1.